The monoisotopic (exact) mass is 113 g/mol. The third-order valence-electron chi connectivity index (χ3n) is 1.22. The van der Waals surface area contributed by atoms with E-state index in [1.807, 2.05) is 14.0 Å². The average Bonchev–Trinajstić information content (AvgIpc) is 1.85. The first kappa shape index (κ1) is 5.35. The van der Waals surface area contributed by atoms with Gasteiger partial charge in [-0.1, -0.05) is 0 Å². The molecule has 0 unspecified atom stereocenters. The molecule has 0 aliphatic heterocycles. The van der Waals surface area contributed by atoms with Crippen LogP contribution in [0.15, 0.2) is 12.3 Å². The van der Waals surface area contributed by atoms with E-state index >= 15 is 0 Å². The lowest BCUT2D eigenvalue weighted by Gasteiger charge is -1.89. The van der Waals surface area contributed by atoms with Gasteiger partial charge in [0, 0.05) is 18.9 Å². The molecule has 0 fully saturated rings. The van der Waals surface area contributed by atoms with Crippen LogP contribution in [0.3, 0.4) is 0 Å². The number of halogens is 1. The van der Waals surface area contributed by atoms with Gasteiger partial charge in [-0.05, 0) is 13.0 Å². The molecule has 0 amide bonds. The van der Waals surface area contributed by atoms with Gasteiger partial charge in [0.25, 0.3) is 0 Å². The summed E-state index contributed by atoms with van der Waals surface area (Å²) in [5, 5.41) is 0. The topological polar surface area (TPSA) is 4.93 Å². The predicted octanol–water partition coefficient (Wildman–Crippen LogP) is 1.47. The van der Waals surface area contributed by atoms with Crippen LogP contribution in [-0.2, 0) is 7.05 Å². The Morgan fingerprint density at radius 2 is 2.25 bits per heavy atom. The summed E-state index contributed by atoms with van der Waals surface area (Å²) < 4.78 is 13.9. The number of rotatable bonds is 0. The molecule has 1 aromatic rings. The summed E-state index contributed by atoms with van der Waals surface area (Å²) in [4.78, 5) is 0. The molecule has 0 spiro atoms. The van der Waals surface area contributed by atoms with Gasteiger partial charge in [0.1, 0.15) is 5.82 Å². The molecule has 0 aliphatic carbocycles. The highest BCUT2D eigenvalue weighted by Crippen LogP contribution is 2.01. The summed E-state index contributed by atoms with van der Waals surface area (Å²) in [5.41, 5.74) is 0.947. The Morgan fingerprint density at radius 1 is 1.62 bits per heavy atom. The normalized spacial score (nSPS) is 9.88. The summed E-state index contributed by atoms with van der Waals surface area (Å²) in [5.74, 6) is -0.162. The van der Waals surface area contributed by atoms with Gasteiger partial charge in [0.2, 0.25) is 0 Å². The molecule has 0 bridgehead atoms. The van der Waals surface area contributed by atoms with Gasteiger partial charge in [-0.2, -0.15) is 0 Å². The first-order valence-electron chi connectivity index (χ1n) is 2.48. The van der Waals surface area contributed by atoms with Gasteiger partial charge in [0.05, 0.1) is 0 Å². The Bertz CT molecular complexity index is 171. The molecule has 1 nitrogen and oxygen atoms in total. The highest BCUT2D eigenvalue weighted by Gasteiger charge is 1.93. The Labute approximate surface area is 47.7 Å². The van der Waals surface area contributed by atoms with E-state index in [-0.39, 0.29) is 5.82 Å². The first-order valence-corrected chi connectivity index (χ1v) is 2.48. The molecule has 0 aromatic carbocycles. The summed E-state index contributed by atoms with van der Waals surface area (Å²) >= 11 is 0. The second-order valence-electron chi connectivity index (χ2n) is 1.91. The van der Waals surface area contributed by atoms with Gasteiger partial charge in [-0.3, -0.25) is 0 Å². The fourth-order valence-corrected chi connectivity index (χ4v) is 0.625. The van der Waals surface area contributed by atoms with Crippen molar-refractivity contribution < 1.29 is 4.39 Å². The largest absolute Gasteiger partial charge is 0.352 e. The van der Waals surface area contributed by atoms with Gasteiger partial charge in [-0.15, -0.1) is 0 Å². The number of hydrogen-bond acceptors (Lipinski definition) is 0. The van der Waals surface area contributed by atoms with E-state index in [2.05, 4.69) is 0 Å². The number of hydrogen-bond donors (Lipinski definition) is 0. The molecule has 1 rings (SSSR count). The van der Waals surface area contributed by atoms with E-state index in [4.69, 9.17) is 0 Å². The van der Waals surface area contributed by atoms with E-state index < -0.39 is 0 Å². The highest BCUT2D eigenvalue weighted by atomic mass is 19.1. The molecule has 0 atom stereocenters. The SMILES string of the molecule is Cc1cc(F)cn1C. The van der Waals surface area contributed by atoms with Gasteiger partial charge in [-0.25, -0.2) is 4.39 Å². The lowest BCUT2D eigenvalue weighted by Crippen LogP contribution is -1.85. The molecule has 1 aromatic heterocycles. The molecule has 1 heterocycles. The van der Waals surface area contributed by atoms with Crippen molar-refractivity contribution in [2.24, 2.45) is 7.05 Å². The molecule has 0 saturated carbocycles. The maximum absolute atomic E-state index is 12.2. The molecule has 8 heavy (non-hydrogen) atoms. The van der Waals surface area contributed by atoms with Gasteiger partial charge < -0.3 is 4.57 Å². The highest BCUT2D eigenvalue weighted by molar-refractivity contribution is 5.05. The zero-order valence-corrected chi connectivity index (χ0v) is 4.98. The smallest absolute Gasteiger partial charge is 0.141 e. The second-order valence-corrected chi connectivity index (χ2v) is 1.91. The Balaban J connectivity index is 3.14. The summed E-state index contributed by atoms with van der Waals surface area (Å²) in [7, 11) is 1.82. The molecular weight excluding hydrogens is 105 g/mol. The first-order chi connectivity index (χ1) is 3.70. The summed E-state index contributed by atoms with van der Waals surface area (Å²) in [6, 6.07) is 1.50. The van der Waals surface area contributed by atoms with Crippen LogP contribution < -0.4 is 0 Å². The maximum atomic E-state index is 12.2. The number of aromatic nitrogens is 1. The van der Waals surface area contributed by atoms with Crippen molar-refractivity contribution in [3.05, 3.63) is 23.8 Å². The van der Waals surface area contributed by atoms with Crippen molar-refractivity contribution in [2.75, 3.05) is 0 Å². The van der Waals surface area contributed by atoms with E-state index in [1.165, 1.54) is 12.3 Å². The summed E-state index contributed by atoms with van der Waals surface area (Å²) in [6.45, 7) is 1.86. The van der Waals surface area contributed by atoms with Crippen molar-refractivity contribution in [1.82, 2.24) is 4.57 Å². The molecule has 2 heteroatoms. The fraction of sp³-hybridized carbons (Fsp3) is 0.333. The minimum atomic E-state index is -0.162. The van der Waals surface area contributed by atoms with E-state index in [0.717, 1.165) is 5.69 Å². The molecule has 0 aliphatic rings. The second kappa shape index (κ2) is 1.62. The van der Waals surface area contributed by atoms with Gasteiger partial charge in [0.15, 0.2) is 0 Å². The van der Waals surface area contributed by atoms with Crippen molar-refractivity contribution >= 4 is 0 Å². The number of aryl methyl sites for hydroxylation is 2. The quantitative estimate of drug-likeness (QED) is 0.480. The Hall–Kier alpha value is -0.790. The van der Waals surface area contributed by atoms with Crippen molar-refractivity contribution in [1.29, 1.82) is 0 Å². The lowest BCUT2D eigenvalue weighted by atomic mass is 10.5. The van der Waals surface area contributed by atoms with E-state index in [0.29, 0.717) is 0 Å². The minimum Gasteiger partial charge on any atom is -0.352 e. The van der Waals surface area contributed by atoms with Crippen molar-refractivity contribution in [3.63, 3.8) is 0 Å². The minimum absolute atomic E-state index is 0.162. The molecular formula is C6H8FN. The standard InChI is InChI=1S/C6H8FN/c1-5-3-6(7)4-8(5)2/h3-4H,1-2H3. The van der Waals surface area contributed by atoms with Crippen LogP contribution in [0.2, 0.25) is 0 Å². The van der Waals surface area contributed by atoms with Crippen LogP contribution in [0, 0.1) is 12.7 Å². The average molecular weight is 113 g/mol. The van der Waals surface area contributed by atoms with Crippen LogP contribution in [0.25, 0.3) is 0 Å². The van der Waals surface area contributed by atoms with Crippen LogP contribution >= 0.6 is 0 Å². The zero-order valence-electron chi connectivity index (χ0n) is 4.98. The number of nitrogens with zero attached hydrogens (tertiary/aromatic N) is 1. The van der Waals surface area contributed by atoms with Crippen LogP contribution in [-0.4, -0.2) is 4.57 Å². The van der Waals surface area contributed by atoms with Gasteiger partial charge >= 0.3 is 0 Å². The molecule has 0 radical (unpaired) electrons. The third kappa shape index (κ3) is 0.735. The van der Waals surface area contributed by atoms with Crippen molar-refractivity contribution in [3.8, 4) is 0 Å². The predicted molar refractivity (Wildman–Crippen MR) is 30.1 cm³/mol. The van der Waals surface area contributed by atoms with Crippen LogP contribution in [0.4, 0.5) is 4.39 Å². The van der Waals surface area contributed by atoms with Crippen molar-refractivity contribution in [2.45, 2.75) is 6.92 Å². The molecule has 0 N–H and O–H groups in total. The van der Waals surface area contributed by atoms with Crippen LogP contribution in [0.5, 0.6) is 0 Å². The Kier molecular flexibility index (Phi) is 1.08. The van der Waals surface area contributed by atoms with E-state index in [1.54, 1.807) is 4.57 Å². The maximum Gasteiger partial charge on any atom is 0.141 e. The summed E-state index contributed by atoms with van der Waals surface area (Å²) in [6.07, 6.45) is 1.45. The molecule has 0 saturated heterocycles. The van der Waals surface area contributed by atoms with Crippen LogP contribution in [0.1, 0.15) is 5.69 Å². The fourth-order valence-electron chi connectivity index (χ4n) is 0.625. The Morgan fingerprint density at radius 3 is 2.38 bits per heavy atom. The molecule has 44 valence electrons. The van der Waals surface area contributed by atoms with E-state index in [9.17, 15) is 4.39 Å². The third-order valence-corrected chi connectivity index (χ3v) is 1.22. The lowest BCUT2D eigenvalue weighted by molar-refractivity contribution is 0.625. The zero-order chi connectivity index (χ0) is 6.15.